The van der Waals surface area contributed by atoms with E-state index >= 15 is 0 Å². The van der Waals surface area contributed by atoms with E-state index < -0.39 is 11.9 Å². The molecule has 0 saturated carbocycles. The number of hydrogen-bond donors (Lipinski definition) is 2. The predicted octanol–water partition coefficient (Wildman–Crippen LogP) is 2.91. The van der Waals surface area contributed by atoms with Gasteiger partial charge in [0.2, 0.25) is 0 Å². The second-order valence-corrected chi connectivity index (χ2v) is 6.10. The number of aryl methyl sites for hydroxylation is 1. The molecule has 2 heterocycles. The fourth-order valence-electron chi connectivity index (χ4n) is 1.97. The van der Waals surface area contributed by atoms with Gasteiger partial charge in [-0.1, -0.05) is 0 Å². The third-order valence-corrected chi connectivity index (χ3v) is 3.99. The zero-order valence-electron chi connectivity index (χ0n) is 14.2. The summed E-state index contributed by atoms with van der Waals surface area (Å²) >= 11 is 0.959. The van der Waals surface area contributed by atoms with E-state index in [9.17, 15) is 13.2 Å². The van der Waals surface area contributed by atoms with E-state index in [4.69, 9.17) is 0 Å². The Morgan fingerprint density at radius 3 is 2.58 bits per heavy atom. The average Bonchev–Trinajstić information content (AvgIpc) is 3.23. The third-order valence-electron chi connectivity index (χ3n) is 3.16. The first-order valence-electron chi connectivity index (χ1n) is 7.85. The Morgan fingerprint density at radius 2 is 1.96 bits per heavy atom. The van der Waals surface area contributed by atoms with Crippen LogP contribution in [0.3, 0.4) is 0 Å². The number of alkyl halides is 3. The van der Waals surface area contributed by atoms with E-state index in [2.05, 4.69) is 30.8 Å². The number of thiazole rings is 1. The number of hydrogen-bond acceptors (Lipinski definition) is 5. The number of guanidine groups is 1. The smallest absolute Gasteiger partial charge is 0.357 e. The molecule has 2 N–H and O–H groups in total. The molecule has 0 aliphatic rings. The van der Waals surface area contributed by atoms with Crippen LogP contribution in [0.1, 0.15) is 30.5 Å². The minimum absolute atomic E-state index is 0. The SMILES string of the molecule is CCNC(=NCc1nc(C(F)(F)F)cs1)NCCCCn1cnnc1.I. The van der Waals surface area contributed by atoms with Gasteiger partial charge in [-0.2, -0.15) is 13.2 Å². The lowest BCUT2D eigenvalue weighted by molar-refractivity contribution is -0.140. The minimum Gasteiger partial charge on any atom is -0.357 e. The highest BCUT2D eigenvalue weighted by Gasteiger charge is 2.33. The van der Waals surface area contributed by atoms with Gasteiger partial charge in [0.25, 0.3) is 0 Å². The largest absolute Gasteiger partial charge is 0.434 e. The lowest BCUT2D eigenvalue weighted by Crippen LogP contribution is -2.37. The maximum atomic E-state index is 12.5. The summed E-state index contributed by atoms with van der Waals surface area (Å²) in [6.45, 7) is 4.24. The Balaban J connectivity index is 0.00000338. The summed E-state index contributed by atoms with van der Waals surface area (Å²) in [7, 11) is 0. The van der Waals surface area contributed by atoms with E-state index in [1.807, 2.05) is 11.5 Å². The molecule has 0 aromatic carbocycles. The molecule has 2 aromatic heterocycles. The summed E-state index contributed by atoms with van der Waals surface area (Å²) in [6, 6.07) is 0. The second kappa shape index (κ2) is 11.3. The normalized spacial score (nSPS) is 11.9. The van der Waals surface area contributed by atoms with Crippen molar-refractivity contribution in [2.24, 2.45) is 4.99 Å². The zero-order valence-corrected chi connectivity index (χ0v) is 17.3. The molecule has 26 heavy (non-hydrogen) atoms. The molecule has 7 nitrogen and oxygen atoms in total. The second-order valence-electron chi connectivity index (χ2n) is 5.15. The van der Waals surface area contributed by atoms with Crippen LogP contribution in [0.4, 0.5) is 13.2 Å². The van der Waals surface area contributed by atoms with E-state index in [0.29, 0.717) is 24.1 Å². The first-order valence-corrected chi connectivity index (χ1v) is 8.73. The first kappa shape index (κ1) is 22.6. The van der Waals surface area contributed by atoms with Gasteiger partial charge in [-0.25, -0.2) is 9.98 Å². The van der Waals surface area contributed by atoms with Crippen molar-refractivity contribution in [3.63, 3.8) is 0 Å². The van der Waals surface area contributed by atoms with E-state index in [1.165, 1.54) is 0 Å². The Morgan fingerprint density at radius 1 is 1.23 bits per heavy atom. The van der Waals surface area contributed by atoms with Gasteiger partial charge in [-0.05, 0) is 19.8 Å². The highest BCUT2D eigenvalue weighted by molar-refractivity contribution is 14.0. The van der Waals surface area contributed by atoms with Crippen LogP contribution >= 0.6 is 35.3 Å². The van der Waals surface area contributed by atoms with Gasteiger partial charge in [0, 0.05) is 25.0 Å². The van der Waals surface area contributed by atoms with Crippen LogP contribution in [-0.2, 0) is 19.3 Å². The number of rotatable bonds is 8. The topological polar surface area (TPSA) is 80.0 Å². The maximum Gasteiger partial charge on any atom is 0.434 e. The predicted molar refractivity (Wildman–Crippen MR) is 105 cm³/mol. The molecule has 0 bridgehead atoms. The summed E-state index contributed by atoms with van der Waals surface area (Å²) in [6.07, 6.45) is 0.792. The average molecular weight is 503 g/mol. The Hall–Kier alpha value is -1.44. The number of halogens is 4. The highest BCUT2D eigenvalue weighted by atomic mass is 127. The van der Waals surface area contributed by atoms with Crippen molar-refractivity contribution in [3.8, 4) is 0 Å². The van der Waals surface area contributed by atoms with Crippen LogP contribution in [0.15, 0.2) is 23.0 Å². The summed E-state index contributed by atoms with van der Waals surface area (Å²) < 4.78 is 39.5. The number of unbranched alkanes of at least 4 members (excludes halogenated alkanes) is 1. The molecule has 0 atom stereocenters. The fraction of sp³-hybridized carbons (Fsp3) is 0.571. The lowest BCUT2D eigenvalue weighted by atomic mass is 10.3. The van der Waals surface area contributed by atoms with Gasteiger partial charge in [0.1, 0.15) is 17.7 Å². The molecule has 0 saturated heterocycles. The molecule has 0 fully saturated rings. The van der Waals surface area contributed by atoms with E-state index in [1.54, 1.807) is 12.7 Å². The van der Waals surface area contributed by atoms with Gasteiger partial charge in [-0.15, -0.1) is 45.5 Å². The van der Waals surface area contributed by atoms with Crippen LogP contribution in [0.5, 0.6) is 0 Å². The van der Waals surface area contributed by atoms with Crippen molar-refractivity contribution in [1.29, 1.82) is 0 Å². The van der Waals surface area contributed by atoms with Gasteiger partial charge in [-0.3, -0.25) is 0 Å². The molecule has 0 aliphatic carbocycles. The Bertz CT molecular complexity index is 658. The van der Waals surface area contributed by atoms with Crippen LogP contribution in [0.2, 0.25) is 0 Å². The van der Waals surface area contributed by atoms with Gasteiger partial charge < -0.3 is 15.2 Å². The molecule has 2 rings (SSSR count). The maximum absolute atomic E-state index is 12.5. The van der Waals surface area contributed by atoms with Gasteiger partial charge >= 0.3 is 6.18 Å². The zero-order chi connectivity index (χ0) is 18.1. The lowest BCUT2D eigenvalue weighted by Gasteiger charge is -2.10. The van der Waals surface area contributed by atoms with E-state index in [0.717, 1.165) is 36.1 Å². The van der Waals surface area contributed by atoms with Crippen LogP contribution in [0.25, 0.3) is 0 Å². The first-order chi connectivity index (χ1) is 12.0. The summed E-state index contributed by atoms with van der Waals surface area (Å²) in [5.41, 5.74) is -0.866. The van der Waals surface area contributed by atoms with E-state index in [-0.39, 0.29) is 30.5 Å². The molecule has 0 spiro atoms. The fourth-order valence-corrected chi connectivity index (χ4v) is 2.69. The Labute approximate surface area is 170 Å². The molecule has 12 heteroatoms. The number of aromatic nitrogens is 4. The van der Waals surface area contributed by atoms with Gasteiger partial charge in [0.05, 0.1) is 6.54 Å². The highest BCUT2D eigenvalue weighted by Crippen LogP contribution is 2.30. The standard InChI is InChI=1S/C14H20F3N7S.HI/c1-2-18-13(19-5-3-4-6-24-9-21-22-10-24)20-7-12-23-11(8-25-12)14(15,16)17;/h8-10H,2-7H2,1H3,(H2,18,19,20);1H. The minimum atomic E-state index is -4.41. The van der Waals surface area contributed by atoms with Crippen molar-refractivity contribution < 1.29 is 13.2 Å². The molecular formula is C14H21F3IN7S. The molecule has 2 aromatic rings. The van der Waals surface area contributed by atoms with Crippen LogP contribution in [0, 0.1) is 0 Å². The molecule has 146 valence electrons. The van der Waals surface area contributed by atoms with Crippen molar-refractivity contribution in [2.75, 3.05) is 13.1 Å². The third kappa shape index (κ3) is 7.85. The van der Waals surface area contributed by atoms with Crippen molar-refractivity contribution >= 4 is 41.3 Å². The molecule has 0 amide bonds. The number of nitrogens with one attached hydrogen (secondary N) is 2. The summed E-state index contributed by atoms with van der Waals surface area (Å²) in [4.78, 5) is 7.84. The monoisotopic (exact) mass is 503 g/mol. The summed E-state index contributed by atoms with van der Waals surface area (Å²) in [5.74, 6) is 0.565. The van der Waals surface area contributed by atoms with Crippen LogP contribution in [-0.4, -0.2) is 38.8 Å². The van der Waals surface area contributed by atoms with Gasteiger partial charge in [0.15, 0.2) is 11.7 Å². The summed E-state index contributed by atoms with van der Waals surface area (Å²) in [5, 5.41) is 15.0. The van der Waals surface area contributed by atoms with Crippen molar-refractivity contribution in [2.45, 2.75) is 39.0 Å². The number of aliphatic imine (C=N–C) groups is 1. The molecule has 0 unspecified atom stereocenters. The molecule has 0 aliphatic heterocycles. The number of nitrogens with zero attached hydrogens (tertiary/aromatic N) is 5. The van der Waals surface area contributed by atoms with Crippen LogP contribution < -0.4 is 10.6 Å². The van der Waals surface area contributed by atoms with Crippen molar-refractivity contribution in [1.82, 2.24) is 30.4 Å². The molecular weight excluding hydrogens is 482 g/mol. The quantitative estimate of drug-likeness (QED) is 0.251. The molecule has 0 radical (unpaired) electrons. The Kier molecular flexibility index (Phi) is 9.83. The van der Waals surface area contributed by atoms with Crippen molar-refractivity contribution in [3.05, 3.63) is 28.7 Å².